The van der Waals surface area contributed by atoms with Gasteiger partial charge in [-0.15, -0.1) is 0 Å². The molecule has 3 rings (SSSR count). The maximum absolute atomic E-state index is 12.8. The molecular formula is C18H24N2O3. The van der Waals surface area contributed by atoms with Crippen LogP contribution in [0.15, 0.2) is 24.3 Å². The highest BCUT2D eigenvalue weighted by molar-refractivity contribution is 5.95. The molecule has 1 aromatic rings. The predicted molar refractivity (Wildman–Crippen MR) is 87.1 cm³/mol. The highest BCUT2D eigenvalue weighted by Crippen LogP contribution is 2.44. The lowest BCUT2D eigenvalue weighted by atomic mass is 9.75. The number of likely N-dealkylation sites (tertiary alicyclic amines) is 1. The van der Waals surface area contributed by atoms with Crippen molar-refractivity contribution in [1.29, 1.82) is 0 Å². The van der Waals surface area contributed by atoms with Crippen LogP contribution in [0.1, 0.15) is 42.5 Å². The van der Waals surface area contributed by atoms with E-state index >= 15 is 0 Å². The van der Waals surface area contributed by atoms with Crippen molar-refractivity contribution in [2.75, 3.05) is 20.2 Å². The van der Waals surface area contributed by atoms with Crippen LogP contribution in [-0.4, -0.2) is 36.9 Å². The van der Waals surface area contributed by atoms with Crippen LogP contribution in [-0.2, 0) is 4.79 Å². The van der Waals surface area contributed by atoms with Gasteiger partial charge in [0.1, 0.15) is 5.75 Å². The molecule has 1 unspecified atom stereocenters. The van der Waals surface area contributed by atoms with Gasteiger partial charge in [-0.05, 0) is 43.4 Å². The fourth-order valence-corrected chi connectivity index (χ4v) is 3.59. The predicted octanol–water partition coefficient (Wildman–Crippen LogP) is 2.20. The second-order valence-electron chi connectivity index (χ2n) is 6.85. The molecule has 0 aromatic heterocycles. The van der Waals surface area contributed by atoms with Gasteiger partial charge in [-0.25, -0.2) is 0 Å². The highest BCUT2D eigenvalue weighted by Gasteiger charge is 2.45. The van der Waals surface area contributed by atoms with Gasteiger partial charge >= 0.3 is 0 Å². The van der Waals surface area contributed by atoms with E-state index in [1.807, 2.05) is 12.1 Å². The summed E-state index contributed by atoms with van der Waals surface area (Å²) in [4.78, 5) is 26.7. The molecule has 1 saturated carbocycles. The third-order valence-corrected chi connectivity index (χ3v) is 5.08. The van der Waals surface area contributed by atoms with Crippen LogP contribution in [0.3, 0.4) is 0 Å². The molecule has 23 heavy (non-hydrogen) atoms. The van der Waals surface area contributed by atoms with E-state index in [9.17, 15) is 9.59 Å². The quantitative estimate of drug-likeness (QED) is 0.905. The zero-order valence-corrected chi connectivity index (χ0v) is 13.6. The molecule has 1 aliphatic heterocycles. The molecule has 0 spiro atoms. The Morgan fingerprint density at radius 2 is 2.17 bits per heavy atom. The van der Waals surface area contributed by atoms with Crippen molar-refractivity contribution in [3.63, 3.8) is 0 Å². The molecule has 5 heteroatoms. The Morgan fingerprint density at radius 3 is 2.83 bits per heavy atom. The summed E-state index contributed by atoms with van der Waals surface area (Å²) in [6.07, 6.45) is 4.80. The monoisotopic (exact) mass is 316 g/mol. The molecular weight excluding hydrogens is 292 g/mol. The molecule has 1 aliphatic carbocycles. The number of amides is 2. The largest absolute Gasteiger partial charge is 0.497 e. The molecule has 1 saturated heterocycles. The molecule has 1 aromatic carbocycles. The van der Waals surface area contributed by atoms with E-state index in [-0.39, 0.29) is 11.8 Å². The van der Waals surface area contributed by atoms with Gasteiger partial charge < -0.3 is 15.4 Å². The van der Waals surface area contributed by atoms with E-state index in [0.717, 1.165) is 19.3 Å². The SMILES string of the molecule is COc1cccc(C(=O)N2CCCC(CC3CC3)(C(N)=O)C2)c1. The number of nitrogens with zero attached hydrogens (tertiary/aromatic N) is 1. The Bertz CT molecular complexity index is 612. The molecule has 5 nitrogen and oxygen atoms in total. The summed E-state index contributed by atoms with van der Waals surface area (Å²) in [5.41, 5.74) is 5.77. The molecule has 1 heterocycles. The number of rotatable bonds is 5. The van der Waals surface area contributed by atoms with Crippen molar-refractivity contribution in [1.82, 2.24) is 4.90 Å². The number of piperidine rings is 1. The fraction of sp³-hybridized carbons (Fsp3) is 0.556. The van der Waals surface area contributed by atoms with Gasteiger partial charge in [-0.2, -0.15) is 0 Å². The summed E-state index contributed by atoms with van der Waals surface area (Å²) >= 11 is 0. The molecule has 2 fully saturated rings. The minimum Gasteiger partial charge on any atom is -0.497 e. The summed E-state index contributed by atoms with van der Waals surface area (Å²) in [5.74, 6) is 0.957. The van der Waals surface area contributed by atoms with Gasteiger partial charge in [-0.3, -0.25) is 9.59 Å². The average Bonchev–Trinajstić information content (AvgIpc) is 3.38. The second kappa shape index (κ2) is 6.22. The van der Waals surface area contributed by atoms with E-state index < -0.39 is 5.41 Å². The minimum atomic E-state index is -0.548. The number of nitrogens with two attached hydrogens (primary N) is 1. The Balaban J connectivity index is 1.78. The van der Waals surface area contributed by atoms with Gasteiger partial charge in [-0.1, -0.05) is 18.9 Å². The number of carbonyl (C=O) groups is 2. The van der Waals surface area contributed by atoms with Crippen molar-refractivity contribution < 1.29 is 14.3 Å². The third-order valence-electron chi connectivity index (χ3n) is 5.08. The average molecular weight is 316 g/mol. The van der Waals surface area contributed by atoms with Gasteiger partial charge in [0.05, 0.1) is 12.5 Å². The normalized spacial score (nSPS) is 24.3. The summed E-state index contributed by atoms with van der Waals surface area (Å²) in [6.45, 7) is 1.12. The molecule has 124 valence electrons. The Kier molecular flexibility index (Phi) is 4.28. The molecule has 0 radical (unpaired) electrons. The van der Waals surface area contributed by atoms with Crippen molar-refractivity contribution >= 4 is 11.8 Å². The fourth-order valence-electron chi connectivity index (χ4n) is 3.59. The standard InChI is InChI=1S/C18H24N2O3/c1-23-15-5-2-4-14(10-15)16(21)20-9-3-8-18(12-20,17(19)22)11-13-6-7-13/h2,4-5,10,13H,3,6-9,11-12H2,1H3,(H2,19,22). The van der Waals surface area contributed by atoms with Crippen LogP contribution in [0, 0.1) is 11.3 Å². The first kappa shape index (κ1) is 15.8. The second-order valence-corrected chi connectivity index (χ2v) is 6.85. The van der Waals surface area contributed by atoms with E-state index in [4.69, 9.17) is 10.5 Å². The lowest BCUT2D eigenvalue weighted by molar-refractivity contribution is -0.131. The van der Waals surface area contributed by atoms with Crippen LogP contribution >= 0.6 is 0 Å². The van der Waals surface area contributed by atoms with Gasteiger partial charge in [0.2, 0.25) is 5.91 Å². The number of ether oxygens (including phenoxy) is 1. The van der Waals surface area contributed by atoms with Gasteiger partial charge in [0.15, 0.2) is 0 Å². The molecule has 1 atom stereocenters. The first-order valence-corrected chi connectivity index (χ1v) is 8.27. The maximum Gasteiger partial charge on any atom is 0.254 e. The van der Waals surface area contributed by atoms with Crippen molar-refractivity contribution in [2.24, 2.45) is 17.1 Å². The number of primary amides is 1. The van der Waals surface area contributed by atoms with Gasteiger partial charge in [0.25, 0.3) is 5.91 Å². The van der Waals surface area contributed by atoms with E-state index in [2.05, 4.69) is 0 Å². The summed E-state index contributed by atoms with van der Waals surface area (Å²) < 4.78 is 5.19. The third kappa shape index (κ3) is 3.33. The molecule has 2 aliphatic rings. The minimum absolute atomic E-state index is 0.0509. The Hall–Kier alpha value is -2.04. The molecule has 0 bridgehead atoms. The summed E-state index contributed by atoms with van der Waals surface area (Å²) in [7, 11) is 1.58. The lowest BCUT2D eigenvalue weighted by Gasteiger charge is -2.41. The lowest BCUT2D eigenvalue weighted by Crippen LogP contribution is -2.52. The van der Waals surface area contributed by atoms with Gasteiger partial charge in [0, 0.05) is 18.7 Å². The number of benzene rings is 1. The van der Waals surface area contributed by atoms with E-state index in [1.54, 1.807) is 24.1 Å². The van der Waals surface area contributed by atoms with Crippen molar-refractivity contribution in [3.8, 4) is 5.75 Å². The maximum atomic E-state index is 12.8. The summed E-state index contributed by atoms with van der Waals surface area (Å²) in [5, 5.41) is 0. The Morgan fingerprint density at radius 1 is 1.39 bits per heavy atom. The zero-order chi connectivity index (χ0) is 16.4. The van der Waals surface area contributed by atoms with Crippen LogP contribution in [0.5, 0.6) is 5.75 Å². The molecule has 2 amide bonds. The number of hydrogen-bond donors (Lipinski definition) is 1. The van der Waals surface area contributed by atoms with E-state index in [0.29, 0.717) is 30.3 Å². The topological polar surface area (TPSA) is 72.6 Å². The highest BCUT2D eigenvalue weighted by atomic mass is 16.5. The number of methoxy groups -OCH3 is 1. The number of hydrogen-bond acceptors (Lipinski definition) is 3. The van der Waals surface area contributed by atoms with Crippen LogP contribution in [0.2, 0.25) is 0 Å². The first-order valence-electron chi connectivity index (χ1n) is 8.27. The van der Waals surface area contributed by atoms with Crippen LogP contribution < -0.4 is 10.5 Å². The first-order chi connectivity index (χ1) is 11.0. The Labute approximate surface area is 136 Å². The molecule has 2 N–H and O–H groups in total. The zero-order valence-electron chi connectivity index (χ0n) is 13.6. The van der Waals surface area contributed by atoms with E-state index in [1.165, 1.54) is 12.8 Å². The smallest absolute Gasteiger partial charge is 0.254 e. The number of carbonyl (C=O) groups excluding carboxylic acids is 2. The summed E-state index contributed by atoms with van der Waals surface area (Å²) in [6, 6.07) is 7.14. The van der Waals surface area contributed by atoms with Crippen LogP contribution in [0.4, 0.5) is 0 Å². The van der Waals surface area contributed by atoms with Crippen LogP contribution in [0.25, 0.3) is 0 Å². The van der Waals surface area contributed by atoms with Crippen molar-refractivity contribution in [2.45, 2.75) is 32.1 Å². The van der Waals surface area contributed by atoms with Crippen molar-refractivity contribution in [3.05, 3.63) is 29.8 Å².